The minimum Gasteiger partial charge on any atom is -0.489 e. The third kappa shape index (κ3) is 11.2. The minimum absolute atomic E-state index is 0.588. The smallest absolute Gasteiger partial charge is 0.127 e. The molecule has 0 atom stereocenters. The fourth-order valence-electron chi connectivity index (χ4n) is 1.25. The van der Waals surface area contributed by atoms with Crippen LogP contribution in [0.3, 0.4) is 0 Å². The summed E-state index contributed by atoms with van der Waals surface area (Å²) in [5.41, 5.74) is 3.48. The lowest BCUT2D eigenvalue weighted by atomic mass is 10.1. The average Bonchev–Trinajstić information content (AvgIpc) is 3.41. The van der Waals surface area contributed by atoms with Crippen molar-refractivity contribution in [3.05, 3.63) is 54.5 Å². The second-order valence-electron chi connectivity index (χ2n) is 5.30. The Morgan fingerprint density at radius 3 is 2.00 bits per heavy atom. The molecule has 0 spiro atoms. The van der Waals surface area contributed by atoms with Crippen molar-refractivity contribution in [2.75, 3.05) is 6.61 Å². The molecule has 0 aromatic heterocycles. The van der Waals surface area contributed by atoms with Crippen LogP contribution in [0.1, 0.15) is 65.9 Å². The maximum absolute atomic E-state index is 5.64. The Labute approximate surface area is 138 Å². The van der Waals surface area contributed by atoms with Gasteiger partial charge in [-0.2, -0.15) is 0 Å². The minimum atomic E-state index is 0.588. The van der Waals surface area contributed by atoms with Crippen molar-refractivity contribution < 1.29 is 4.74 Å². The quantitative estimate of drug-likeness (QED) is 0.552. The third-order valence-electron chi connectivity index (χ3n) is 2.36. The van der Waals surface area contributed by atoms with Gasteiger partial charge in [0.25, 0.3) is 0 Å². The fourth-order valence-corrected chi connectivity index (χ4v) is 1.25. The molecular weight excluding hydrogens is 268 g/mol. The van der Waals surface area contributed by atoms with E-state index in [0.717, 1.165) is 11.3 Å². The van der Waals surface area contributed by atoms with Gasteiger partial charge >= 0.3 is 0 Å². The molecule has 0 N–H and O–H groups in total. The molecule has 0 amide bonds. The van der Waals surface area contributed by atoms with Gasteiger partial charge in [0, 0.05) is 12.0 Å². The highest BCUT2D eigenvalue weighted by molar-refractivity contribution is 5.89. The van der Waals surface area contributed by atoms with E-state index in [9.17, 15) is 0 Å². The summed E-state index contributed by atoms with van der Waals surface area (Å²) >= 11 is 0. The summed E-state index contributed by atoms with van der Waals surface area (Å²) in [5.74, 6) is 0.940. The molecule has 2 aliphatic carbocycles. The molecule has 2 aliphatic rings. The van der Waals surface area contributed by atoms with Crippen molar-refractivity contribution in [3.63, 3.8) is 0 Å². The average molecular weight is 301 g/mol. The number of rotatable bonds is 4. The van der Waals surface area contributed by atoms with Gasteiger partial charge in [0.15, 0.2) is 0 Å². The summed E-state index contributed by atoms with van der Waals surface area (Å²) in [7, 11) is 0. The van der Waals surface area contributed by atoms with Gasteiger partial charge in [-0.15, -0.1) is 0 Å². The predicted molar refractivity (Wildman–Crippen MR) is 100 cm³/mol. The largest absolute Gasteiger partial charge is 0.489 e. The lowest BCUT2D eigenvalue weighted by Crippen LogP contribution is -1.99. The van der Waals surface area contributed by atoms with Crippen molar-refractivity contribution in [2.45, 2.75) is 60.3 Å². The molecule has 0 aliphatic heterocycles. The van der Waals surface area contributed by atoms with E-state index in [1.165, 1.54) is 36.8 Å². The van der Waals surface area contributed by atoms with Gasteiger partial charge in [-0.25, -0.2) is 0 Å². The molecule has 1 fully saturated rings. The van der Waals surface area contributed by atoms with Crippen LogP contribution in [0.15, 0.2) is 42.5 Å². The van der Waals surface area contributed by atoms with Crippen LogP contribution in [0.5, 0.6) is 5.75 Å². The summed E-state index contributed by atoms with van der Waals surface area (Å²) in [5, 5.41) is 0. The summed E-state index contributed by atoms with van der Waals surface area (Å²) in [6.45, 7) is 14.6. The van der Waals surface area contributed by atoms with Crippen LogP contribution in [0, 0.1) is 6.42 Å². The number of ether oxygens (including phenoxy) is 1. The van der Waals surface area contributed by atoms with Gasteiger partial charge in [0.05, 0.1) is 0 Å². The lowest BCUT2D eigenvalue weighted by molar-refractivity contribution is 0.352. The van der Waals surface area contributed by atoms with Gasteiger partial charge < -0.3 is 4.74 Å². The molecule has 0 saturated heterocycles. The Hall–Kier alpha value is -1.50. The van der Waals surface area contributed by atoms with Crippen LogP contribution >= 0.6 is 0 Å². The first-order valence-electron chi connectivity index (χ1n) is 8.60. The van der Waals surface area contributed by atoms with Gasteiger partial charge in [0.2, 0.25) is 0 Å². The Morgan fingerprint density at radius 1 is 1.09 bits per heavy atom. The Bertz CT molecular complexity index is 438. The highest BCUT2D eigenvalue weighted by Gasteiger charge is 2.14. The summed E-state index contributed by atoms with van der Waals surface area (Å²) < 4.78 is 5.64. The van der Waals surface area contributed by atoms with Crippen molar-refractivity contribution in [1.82, 2.24) is 0 Å². The van der Waals surface area contributed by atoms with Gasteiger partial charge in [-0.05, 0) is 24.1 Å². The fraction of sp³-hybridized carbons (Fsp3) is 0.476. The van der Waals surface area contributed by atoms with Crippen LogP contribution < -0.4 is 4.74 Å². The molecule has 1 aromatic carbocycles. The van der Waals surface area contributed by atoms with Crippen LogP contribution in [0.4, 0.5) is 0 Å². The molecule has 1 nitrogen and oxygen atoms in total. The van der Waals surface area contributed by atoms with E-state index in [1.54, 1.807) is 0 Å². The monoisotopic (exact) mass is 301 g/mol. The highest BCUT2D eigenvalue weighted by Crippen LogP contribution is 2.35. The van der Waals surface area contributed by atoms with Gasteiger partial charge in [0.1, 0.15) is 12.4 Å². The molecule has 0 bridgehead atoms. The topological polar surface area (TPSA) is 9.23 Å². The Balaban J connectivity index is 0.000000460. The van der Waals surface area contributed by atoms with Crippen molar-refractivity contribution in [3.8, 4) is 5.75 Å². The molecule has 1 heteroatoms. The van der Waals surface area contributed by atoms with Gasteiger partial charge in [-0.3, -0.25) is 0 Å². The lowest BCUT2D eigenvalue weighted by Gasteiger charge is -2.09. The Morgan fingerprint density at radius 2 is 1.59 bits per heavy atom. The van der Waals surface area contributed by atoms with Crippen LogP contribution in [0.2, 0.25) is 0 Å². The summed E-state index contributed by atoms with van der Waals surface area (Å²) in [6, 6.07) is 8.07. The van der Waals surface area contributed by atoms with Gasteiger partial charge in [-0.1, -0.05) is 84.2 Å². The maximum Gasteiger partial charge on any atom is 0.127 e. The first-order valence-corrected chi connectivity index (χ1v) is 8.60. The number of benzene rings is 1. The van der Waals surface area contributed by atoms with Crippen molar-refractivity contribution in [1.29, 1.82) is 0 Å². The zero-order chi connectivity index (χ0) is 16.8. The molecule has 0 heterocycles. The molecule has 1 radical (unpaired) electrons. The van der Waals surface area contributed by atoms with E-state index >= 15 is 0 Å². The number of hydrogen-bond acceptors (Lipinski definition) is 1. The summed E-state index contributed by atoms with van der Waals surface area (Å²) in [4.78, 5) is 0. The highest BCUT2D eigenvalue weighted by atomic mass is 16.5. The molecule has 0 unspecified atom stereocenters. The third-order valence-corrected chi connectivity index (χ3v) is 2.36. The summed E-state index contributed by atoms with van der Waals surface area (Å²) in [6.07, 6.45) is 9.92. The molecule has 3 rings (SSSR count). The number of hydrogen-bond donors (Lipinski definition) is 0. The number of allylic oxidation sites excluding steroid dienone is 2. The molecule has 1 aromatic rings. The van der Waals surface area contributed by atoms with Crippen LogP contribution in [-0.4, -0.2) is 6.61 Å². The standard InChI is InChI=1S/C13H13O.C3H6.C3H8.C2H6/c1-10(2)9-14-13-6-4-3-5-12(13)11-7-8-11;1-2-3-1;1-3-2;1-2/h3-8H,1,9H2,2H3;1-3H2;3H2,1-2H3;1-2H3. The molecule has 123 valence electrons. The molecule has 22 heavy (non-hydrogen) atoms. The normalized spacial score (nSPS) is 12.9. The predicted octanol–water partition coefficient (Wildman–Crippen LogP) is 6.86. The van der Waals surface area contributed by atoms with Crippen LogP contribution in [-0.2, 0) is 0 Å². The second kappa shape index (κ2) is 13.2. The first kappa shape index (κ1) is 20.5. The van der Waals surface area contributed by atoms with E-state index in [-0.39, 0.29) is 0 Å². The zero-order valence-electron chi connectivity index (χ0n) is 15.1. The van der Waals surface area contributed by atoms with E-state index in [1.807, 2.05) is 39.0 Å². The van der Waals surface area contributed by atoms with Crippen molar-refractivity contribution in [2.24, 2.45) is 0 Å². The first-order chi connectivity index (χ1) is 10.7. The van der Waals surface area contributed by atoms with Crippen molar-refractivity contribution >= 4 is 5.57 Å². The second-order valence-corrected chi connectivity index (χ2v) is 5.30. The Kier molecular flexibility index (Phi) is 12.3. The maximum atomic E-state index is 5.64. The molecular formula is C21H33O. The van der Waals surface area contributed by atoms with Crippen LogP contribution in [0.25, 0.3) is 5.57 Å². The van der Waals surface area contributed by atoms with E-state index in [2.05, 4.69) is 39.0 Å². The zero-order valence-corrected chi connectivity index (χ0v) is 15.1. The van der Waals surface area contributed by atoms with E-state index in [0.29, 0.717) is 6.61 Å². The van der Waals surface area contributed by atoms with E-state index < -0.39 is 0 Å². The van der Waals surface area contributed by atoms with E-state index in [4.69, 9.17) is 4.74 Å². The number of para-hydroxylation sites is 1. The SMILES string of the molecule is C1CC1.C=C(C)COc1ccccc1C1=C[CH]1.CC.CCC. The molecule has 1 saturated carbocycles.